The van der Waals surface area contributed by atoms with Gasteiger partial charge in [-0.25, -0.2) is 18.6 Å². The van der Waals surface area contributed by atoms with E-state index in [1.807, 2.05) is 86.0 Å². The molecular weight excluding hydrogens is 896 g/mol. The standard InChI is InChI=1S/C51H58ClF2N7O7/c1-28-22-38(58(23-30-8-15-35(63-6)16-9-30)24-31-10-17-36(64-7)18-11-31)42(53)39(41(28)52)44-43(54)45-40-47(57-49(56-45)66-27-34-13-12-33-26-65-21-20-59(33)34)60-25-32-14-19-37(46(60)29(2)67-48(40)55-44)61(32)50(62)68-51(3,4)5/h8-11,15-18,22,29,32-34,37,46H,12-14,19-21,23-27H2,1-7H3/t29-,32+,33-,34-,37-,46+/m0/s1. The minimum absolute atomic E-state index is 0.00509. The maximum absolute atomic E-state index is 18.0. The zero-order chi connectivity index (χ0) is 47.6. The molecule has 3 aromatic carbocycles. The predicted octanol–water partition coefficient (Wildman–Crippen LogP) is 9.14. The number of carbonyl (C=O) groups excluding carboxylic acids is 1. The number of carbonyl (C=O) groups is 1. The van der Waals surface area contributed by atoms with Gasteiger partial charge in [0, 0.05) is 38.3 Å². The number of halogens is 3. The first-order valence-electron chi connectivity index (χ1n) is 23.5. The quantitative estimate of drug-likeness (QED) is 0.125. The van der Waals surface area contributed by atoms with Crippen LogP contribution in [0.15, 0.2) is 54.6 Å². The van der Waals surface area contributed by atoms with Crippen LogP contribution >= 0.6 is 11.6 Å². The lowest BCUT2D eigenvalue weighted by molar-refractivity contribution is -0.0101. The van der Waals surface area contributed by atoms with Crippen LogP contribution in [0.4, 0.5) is 25.1 Å². The zero-order valence-electron chi connectivity index (χ0n) is 39.6. The van der Waals surface area contributed by atoms with Crippen LogP contribution in [0, 0.1) is 18.6 Å². The van der Waals surface area contributed by atoms with Crippen molar-refractivity contribution in [1.29, 1.82) is 0 Å². The zero-order valence-corrected chi connectivity index (χ0v) is 40.3. The molecule has 4 fully saturated rings. The molecule has 2 aromatic heterocycles. The number of benzene rings is 3. The number of morpholine rings is 1. The van der Waals surface area contributed by atoms with E-state index in [-0.39, 0.29) is 82.6 Å². The molecule has 5 aliphatic heterocycles. The Labute approximate surface area is 400 Å². The lowest BCUT2D eigenvalue weighted by Crippen LogP contribution is -2.65. The first-order chi connectivity index (χ1) is 32.7. The van der Waals surface area contributed by atoms with E-state index < -0.39 is 35.5 Å². The lowest BCUT2D eigenvalue weighted by atomic mass is 9.98. The number of nitrogens with zero attached hydrogens (tertiary/aromatic N) is 7. The number of anilines is 2. The van der Waals surface area contributed by atoms with Crippen LogP contribution in [0.3, 0.4) is 0 Å². The third-order valence-electron chi connectivity index (χ3n) is 14.1. The van der Waals surface area contributed by atoms with Crippen molar-refractivity contribution in [2.75, 3.05) is 56.9 Å². The molecular formula is C51H58ClF2N7O7. The number of piperazine rings is 1. The summed E-state index contributed by atoms with van der Waals surface area (Å²) >= 11 is 7.10. The first-order valence-corrected chi connectivity index (χ1v) is 23.9. The SMILES string of the molecule is COc1ccc(CN(Cc2ccc(OC)cc2)c2cc(C)c(Cl)c(-c3nc4c5c(nc(OC[C@@H]6CC[C@H]7COCCN76)nc5c3F)N3C[C@H]5CC[C@@H]([C@H]3[C@H](C)O4)N5C(=O)OC(C)(C)C)c2F)cc1. The van der Waals surface area contributed by atoms with Gasteiger partial charge in [-0.3, -0.25) is 9.80 Å². The predicted molar refractivity (Wildman–Crippen MR) is 254 cm³/mol. The van der Waals surface area contributed by atoms with Crippen molar-refractivity contribution in [2.24, 2.45) is 0 Å². The highest BCUT2D eigenvalue weighted by Gasteiger charge is 2.54. The van der Waals surface area contributed by atoms with Gasteiger partial charge in [-0.2, -0.15) is 9.97 Å². The minimum Gasteiger partial charge on any atom is -0.497 e. The molecule has 0 radical (unpaired) electrons. The second kappa shape index (κ2) is 18.3. The van der Waals surface area contributed by atoms with Crippen LogP contribution in [0.1, 0.15) is 70.1 Å². The van der Waals surface area contributed by atoms with Crippen LogP contribution < -0.4 is 28.7 Å². The number of amides is 1. The monoisotopic (exact) mass is 953 g/mol. The van der Waals surface area contributed by atoms with Crippen molar-refractivity contribution in [3.05, 3.63) is 87.9 Å². The molecule has 0 saturated carbocycles. The van der Waals surface area contributed by atoms with E-state index in [9.17, 15) is 4.79 Å². The average Bonchev–Trinajstić information content (AvgIpc) is 3.85. The van der Waals surface area contributed by atoms with Gasteiger partial charge in [-0.15, -0.1) is 0 Å². The summed E-state index contributed by atoms with van der Waals surface area (Å²) in [6.07, 6.45) is 2.32. The smallest absolute Gasteiger partial charge is 0.410 e. The summed E-state index contributed by atoms with van der Waals surface area (Å²) in [6, 6.07) is 16.2. The number of methoxy groups -OCH3 is 2. The Hall–Kier alpha value is -5.71. The number of hydrogen-bond acceptors (Lipinski definition) is 13. The third kappa shape index (κ3) is 8.57. The van der Waals surface area contributed by atoms with Gasteiger partial charge in [0.1, 0.15) is 52.2 Å². The van der Waals surface area contributed by atoms with Gasteiger partial charge in [0.15, 0.2) is 11.6 Å². The van der Waals surface area contributed by atoms with Crippen LogP contribution in [-0.2, 0) is 22.6 Å². The summed E-state index contributed by atoms with van der Waals surface area (Å²) in [6.45, 7) is 12.6. The third-order valence-corrected chi connectivity index (χ3v) is 14.5. The van der Waals surface area contributed by atoms with E-state index in [4.69, 9.17) is 55.0 Å². The van der Waals surface area contributed by atoms with Crippen molar-refractivity contribution in [1.82, 2.24) is 24.8 Å². The van der Waals surface area contributed by atoms with Gasteiger partial charge in [0.2, 0.25) is 5.88 Å². The average molecular weight is 955 g/mol. The minimum atomic E-state index is -0.898. The highest BCUT2D eigenvalue weighted by atomic mass is 35.5. The van der Waals surface area contributed by atoms with Crippen LogP contribution in [0.25, 0.3) is 22.2 Å². The molecule has 0 unspecified atom stereocenters. The second-order valence-corrected chi connectivity index (χ2v) is 19.9. The highest BCUT2D eigenvalue weighted by Crippen LogP contribution is 2.48. The van der Waals surface area contributed by atoms with Crippen LogP contribution in [-0.4, -0.2) is 120 Å². The van der Waals surface area contributed by atoms with E-state index in [1.165, 1.54) is 0 Å². The Morgan fingerprint density at radius 3 is 2.25 bits per heavy atom. The molecule has 4 saturated heterocycles. The molecule has 6 atom stereocenters. The largest absolute Gasteiger partial charge is 0.497 e. The Balaban J connectivity index is 1.10. The molecule has 14 nitrogen and oxygen atoms in total. The van der Waals surface area contributed by atoms with E-state index in [0.29, 0.717) is 55.1 Å². The number of fused-ring (bicyclic) bond motifs is 6. The van der Waals surface area contributed by atoms with Gasteiger partial charge in [0.25, 0.3) is 0 Å². The molecule has 17 heteroatoms. The number of ether oxygens (including phenoxy) is 6. The molecule has 5 aliphatic rings. The second-order valence-electron chi connectivity index (χ2n) is 19.6. The van der Waals surface area contributed by atoms with Gasteiger partial charge < -0.3 is 38.2 Å². The summed E-state index contributed by atoms with van der Waals surface area (Å²) in [7, 11) is 3.20. The molecule has 68 heavy (non-hydrogen) atoms. The van der Waals surface area contributed by atoms with Gasteiger partial charge in [-0.1, -0.05) is 35.9 Å². The number of rotatable bonds is 11. The van der Waals surface area contributed by atoms with Crippen molar-refractivity contribution in [3.8, 4) is 34.6 Å². The Morgan fingerprint density at radius 1 is 0.912 bits per heavy atom. The van der Waals surface area contributed by atoms with E-state index >= 15 is 8.78 Å². The van der Waals surface area contributed by atoms with E-state index in [2.05, 4.69) is 9.80 Å². The summed E-state index contributed by atoms with van der Waals surface area (Å²) in [5.41, 5.74) is 1.05. The van der Waals surface area contributed by atoms with Gasteiger partial charge in [0.05, 0.1) is 61.8 Å². The molecule has 7 heterocycles. The maximum atomic E-state index is 18.0. The summed E-state index contributed by atoms with van der Waals surface area (Å²) < 4.78 is 71.7. The molecule has 0 spiro atoms. The van der Waals surface area contributed by atoms with Gasteiger partial charge in [-0.05, 0) is 107 Å². The molecule has 5 aromatic rings. The number of aryl methyl sites for hydroxylation is 1. The lowest BCUT2D eigenvalue weighted by Gasteiger charge is -2.48. The van der Waals surface area contributed by atoms with E-state index in [1.54, 1.807) is 27.2 Å². The van der Waals surface area contributed by atoms with Crippen molar-refractivity contribution in [2.45, 2.75) is 115 Å². The van der Waals surface area contributed by atoms with Crippen molar-refractivity contribution >= 4 is 40.1 Å². The normalized spacial score (nSPS) is 23.1. The summed E-state index contributed by atoms with van der Waals surface area (Å²) in [4.78, 5) is 36.7. The highest BCUT2D eigenvalue weighted by molar-refractivity contribution is 6.34. The Morgan fingerprint density at radius 2 is 1.59 bits per heavy atom. The number of aromatic nitrogens is 3. The topological polar surface area (TPSA) is 124 Å². The number of hydrogen-bond donors (Lipinski definition) is 0. The first kappa shape index (κ1) is 46.0. The molecule has 0 N–H and O–H groups in total. The Kier molecular flexibility index (Phi) is 12.4. The van der Waals surface area contributed by atoms with Crippen LogP contribution in [0.2, 0.25) is 5.02 Å². The Bertz CT molecular complexity index is 2660. The molecule has 10 rings (SSSR count). The van der Waals surface area contributed by atoms with Crippen molar-refractivity contribution < 1.29 is 42.0 Å². The fraction of sp³-hybridized carbons (Fsp3) is 0.490. The van der Waals surface area contributed by atoms with Crippen LogP contribution in [0.5, 0.6) is 23.4 Å². The maximum Gasteiger partial charge on any atom is 0.410 e. The van der Waals surface area contributed by atoms with Gasteiger partial charge >= 0.3 is 12.1 Å². The molecule has 0 aliphatic carbocycles. The summed E-state index contributed by atoms with van der Waals surface area (Å²) in [5, 5.41) is 0.228. The fourth-order valence-electron chi connectivity index (χ4n) is 10.9. The van der Waals surface area contributed by atoms with Crippen molar-refractivity contribution in [3.63, 3.8) is 0 Å². The molecule has 360 valence electrons. The molecule has 2 bridgehead atoms. The summed E-state index contributed by atoms with van der Waals surface area (Å²) in [5.74, 6) is 0.120. The fourth-order valence-corrected chi connectivity index (χ4v) is 11.1. The molecule has 1 amide bonds. The number of pyridine rings is 1. The van der Waals surface area contributed by atoms with E-state index in [0.717, 1.165) is 36.9 Å².